The average Bonchev–Trinajstić information content (AvgIpc) is 3.31. The van der Waals surface area contributed by atoms with Gasteiger partial charge in [0.2, 0.25) is 0 Å². The summed E-state index contributed by atoms with van der Waals surface area (Å²) in [5.41, 5.74) is 1.25. The van der Waals surface area contributed by atoms with Crippen LogP contribution in [0.3, 0.4) is 0 Å². The highest BCUT2D eigenvalue weighted by Gasteiger charge is 2.43. The van der Waals surface area contributed by atoms with Crippen LogP contribution < -0.4 is 15.4 Å². The molecule has 4 rings (SSSR count). The molecule has 2 aliphatic heterocycles. The van der Waals surface area contributed by atoms with E-state index in [1.165, 1.54) is 18.4 Å². The largest absolute Gasteiger partial charge is 0.487 e. The molecule has 25 heavy (non-hydrogen) atoms. The van der Waals surface area contributed by atoms with E-state index in [1.807, 2.05) is 7.05 Å². The van der Waals surface area contributed by atoms with Crippen molar-refractivity contribution in [3.8, 4) is 5.75 Å². The first-order valence-corrected chi connectivity index (χ1v) is 9.61. The summed E-state index contributed by atoms with van der Waals surface area (Å²) < 4.78 is 11.9. The molecular formula is C20H29N3O2. The molecule has 3 aliphatic rings. The number of hydrogen-bond acceptors (Lipinski definition) is 3. The first-order valence-electron chi connectivity index (χ1n) is 9.61. The van der Waals surface area contributed by atoms with E-state index in [0.717, 1.165) is 57.2 Å². The lowest BCUT2D eigenvalue weighted by atomic mass is 9.86. The molecule has 1 saturated heterocycles. The van der Waals surface area contributed by atoms with Gasteiger partial charge in [-0.25, -0.2) is 0 Å². The SMILES string of the molecule is CN=C(NCC1CCOC1)NC1CC2(CCCC2)Oc2ccccc21. The molecule has 2 fully saturated rings. The molecule has 1 aliphatic carbocycles. The van der Waals surface area contributed by atoms with E-state index in [-0.39, 0.29) is 11.6 Å². The van der Waals surface area contributed by atoms with Gasteiger partial charge in [0, 0.05) is 38.1 Å². The van der Waals surface area contributed by atoms with E-state index in [9.17, 15) is 0 Å². The van der Waals surface area contributed by atoms with Crippen LogP contribution in [0.1, 0.15) is 50.1 Å². The van der Waals surface area contributed by atoms with Gasteiger partial charge in [0.1, 0.15) is 11.4 Å². The smallest absolute Gasteiger partial charge is 0.191 e. The van der Waals surface area contributed by atoms with Gasteiger partial charge in [-0.15, -0.1) is 0 Å². The summed E-state index contributed by atoms with van der Waals surface area (Å²) in [6.07, 6.45) is 6.99. The Morgan fingerprint density at radius 3 is 2.88 bits per heavy atom. The van der Waals surface area contributed by atoms with Crippen molar-refractivity contribution in [2.24, 2.45) is 10.9 Å². The van der Waals surface area contributed by atoms with Crippen LogP contribution in [-0.4, -0.2) is 38.4 Å². The zero-order valence-corrected chi connectivity index (χ0v) is 15.1. The van der Waals surface area contributed by atoms with Crippen LogP contribution >= 0.6 is 0 Å². The summed E-state index contributed by atoms with van der Waals surface area (Å²) >= 11 is 0. The van der Waals surface area contributed by atoms with Crippen LogP contribution in [0.5, 0.6) is 5.75 Å². The van der Waals surface area contributed by atoms with Crippen LogP contribution in [0.15, 0.2) is 29.3 Å². The van der Waals surface area contributed by atoms with Gasteiger partial charge in [-0.2, -0.15) is 0 Å². The van der Waals surface area contributed by atoms with E-state index in [1.54, 1.807) is 0 Å². The Labute approximate surface area is 150 Å². The lowest BCUT2D eigenvalue weighted by molar-refractivity contribution is 0.0396. The highest BCUT2D eigenvalue weighted by Crippen LogP contribution is 2.46. The van der Waals surface area contributed by atoms with Gasteiger partial charge in [0.15, 0.2) is 5.96 Å². The molecule has 5 nitrogen and oxygen atoms in total. The minimum atomic E-state index is 0.00413. The van der Waals surface area contributed by atoms with Crippen LogP contribution in [-0.2, 0) is 4.74 Å². The van der Waals surface area contributed by atoms with Gasteiger partial charge >= 0.3 is 0 Å². The number of guanidine groups is 1. The monoisotopic (exact) mass is 343 g/mol. The van der Waals surface area contributed by atoms with Crippen molar-refractivity contribution in [2.75, 3.05) is 26.8 Å². The molecule has 0 amide bonds. The number of nitrogens with zero attached hydrogens (tertiary/aromatic N) is 1. The molecule has 0 aromatic heterocycles. The van der Waals surface area contributed by atoms with E-state index in [0.29, 0.717) is 5.92 Å². The van der Waals surface area contributed by atoms with Crippen LogP contribution in [0.4, 0.5) is 0 Å². The second-order valence-electron chi connectivity index (χ2n) is 7.61. The molecule has 0 bridgehead atoms. The molecule has 1 spiro atoms. The van der Waals surface area contributed by atoms with Gasteiger partial charge in [-0.05, 0) is 38.2 Å². The van der Waals surface area contributed by atoms with Crippen molar-refractivity contribution in [1.29, 1.82) is 0 Å². The molecule has 2 atom stereocenters. The zero-order valence-electron chi connectivity index (χ0n) is 15.1. The van der Waals surface area contributed by atoms with E-state index in [2.05, 4.69) is 39.9 Å². The van der Waals surface area contributed by atoms with Crippen molar-refractivity contribution >= 4 is 5.96 Å². The fourth-order valence-corrected chi connectivity index (χ4v) is 4.42. The third-order valence-electron chi connectivity index (χ3n) is 5.83. The maximum Gasteiger partial charge on any atom is 0.191 e. The van der Waals surface area contributed by atoms with Gasteiger partial charge in [-0.3, -0.25) is 4.99 Å². The fourth-order valence-electron chi connectivity index (χ4n) is 4.42. The second-order valence-corrected chi connectivity index (χ2v) is 7.61. The van der Waals surface area contributed by atoms with Crippen LogP contribution in [0.2, 0.25) is 0 Å². The van der Waals surface area contributed by atoms with Crippen molar-refractivity contribution in [2.45, 2.75) is 50.2 Å². The van der Waals surface area contributed by atoms with Crippen LogP contribution in [0.25, 0.3) is 0 Å². The standard InChI is InChI=1S/C20H29N3O2/c1-21-19(22-13-15-8-11-24-14-15)23-17-12-20(9-4-5-10-20)25-18-7-3-2-6-16(17)18/h2-3,6-7,15,17H,4-5,8-14H2,1H3,(H2,21,22,23). The van der Waals surface area contributed by atoms with Crippen molar-refractivity contribution < 1.29 is 9.47 Å². The van der Waals surface area contributed by atoms with E-state index >= 15 is 0 Å². The Bertz CT molecular complexity index is 619. The number of para-hydroxylation sites is 1. The molecule has 2 unspecified atom stereocenters. The molecule has 1 saturated carbocycles. The Kier molecular flexibility index (Phi) is 4.84. The highest BCUT2D eigenvalue weighted by molar-refractivity contribution is 5.80. The molecule has 2 N–H and O–H groups in total. The maximum absolute atomic E-state index is 6.45. The zero-order chi connectivity index (χ0) is 17.1. The summed E-state index contributed by atoms with van der Waals surface area (Å²) in [7, 11) is 1.84. The van der Waals surface area contributed by atoms with E-state index < -0.39 is 0 Å². The molecule has 5 heteroatoms. The van der Waals surface area contributed by atoms with Gasteiger partial charge < -0.3 is 20.1 Å². The topological polar surface area (TPSA) is 54.9 Å². The minimum Gasteiger partial charge on any atom is -0.487 e. The number of rotatable bonds is 3. The third kappa shape index (κ3) is 3.61. The molecule has 2 heterocycles. The second kappa shape index (κ2) is 7.24. The Balaban J connectivity index is 1.47. The Hall–Kier alpha value is -1.75. The predicted molar refractivity (Wildman–Crippen MR) is 99.1 cm³/mol. The van der Waals surface area contributed by atoms with Gasteiger partial charge in [0.05, 0.1) is 12.6 Å². The van der Waals surface area contributed by atoms with Crippen molar-refractivity contribution in [3.05, 3.63) is 29.8 Å². The number of aliphatic imine (C=N–C) groups is 1. The quantitative estimate of drug-likeness (QED) is 0.654. The lowest BCUT2D eigenvalue weighted by Crippen LogP contribution is -2.47. The fraction of sp³-hybridized carbons (Fsp3) is 0.650. The molecule has 0 radical (unpaired) electrons. The van der Waals surface area contributed by atoms with Crippen molar-refractivity contribution in [3.63, 3.8) is 0 Å². The first kappa shape index (κ1) is 16.7. The predicted octanol–water partition coefficient (Wildman–Crippen LogP) is 3.02. The number of fused-ring (bicyclic) bond motifs is 1. The minimum absolute atomic E-state index is 0.00413. The first-order chi connectivity index (χ1) is 12.3. The Morgan fingerprint density at radius 2 is 2.12 bits per heavy atom. The Morgan fingerprint density at radius 1 is 1.28 bits per heavy atom. The summed E-state index contributed by atoms with van der Waals surface area (Å²) in [6, 6.07) is 8.68. The normalized spacial score (nSPS) is 27.8. The third-order valence-corrected chi connectivity index (χ3v) is 5.83. The summed E-state index contributed by atoms with van der Waals surface area (Å²) in [4.78, 5) is 4.44. The lowest BCUT2D eigenvalue weighted by Gasteiger charge is -2.40. The summed E-state index contributed by atoms with van der Waals surface area (Å²) in [5, 5.41) is 7.14. The maximum atomic E-state index is 6.45. The van der Waals surface area contributed by atoms with Gasteiger partial charge in [-0.1, -0.05) is 18.2 Å². The highest BCUT2D eigenvalue weighted by atomic mass is 16.5. The molecule has 136 valence electrons. The summed E-state index contributed by atoms with van der Waals surface area (Å²) in [6.45, 7) is 2.65. The molecular weight excluding hydrogens is 314 g/mol. The van der Waals surface area contributed by atoms with E-state index in [4.69, 9.17) is 9.47 Å². The molecule has 1 aromatic carbocycles. The number of hydrogen-bond donors (Lipinski definition) is 2. The summed E-state index contributed by atoms with van der Waals surface area (Å²) in [5.74, 6) is 2.50. The number of ether oxygens (including phenoxy) is 2. The van der Waals surface area contributed by atoms with Gasteiger partial charge in [0.25, 0.3) is 0 Å². The van der Waals surface area contributed by atoms with Crippen LogP contribution in [0, 0.1) is 5.92 Å². The number of benzene rings is 1. The number of nitrogens with one attached hydrogen (secondary N) is 2. The molecule has 1 aromatic rings. The van der Waals surface area contributed by atoms with Crippen molar-refractivity contribution in [1.82, 2.24) is 10.6 Å². The average molecular weight is 343 g/mol.